The molecule has 0 spiro atoms. The van der Waals surface area contributed by atoms with Gasteiger partial charge in [0.15, 0.2) is 0 Å². The smallest absolute Gasteiger partial charge is 0 e. The molecule has 0 atom stereocenters. The Hall–Kier alpha value is 0.935. The molecule has 1 heteroatoms. The van der Waals surface area contributed by atoms with Gasteiger partial charge in [0.1, 0.15) is 0 Å². The average Bonchev–Trinajstić information content (AvgIpc) is 1.69. The van der Waals surface area contributed by atoms with Crippen LogP contribution in [0.5, 0.6) is 0 Å². The average molecular weight is 301 g/mol. The van der Waals surface area contributed by atoms with Gasteiger partial charge in [0.25, 0.3) is 0 Å². The molecule has 0 unspecified atom stereocenters. The maximum atomic E-state index is 2.25. The molecule has 0 aliphatic heterocycles. The first-order chi connectivity index (χ1) is 3.41. The predicted octanol–water partition coefficient (Wildman–Crippen LogP) is 2.97. The van der Waals surface area contributed by atoms with Crippen molar-refractivity contribution in [3.8, 4) is 0 Å². The van der Waals surface area contributed by atoms with Crippen LogP contribution >= 0.6 is 0 Å². The van der Waals surface area contributed by atoms with E-state index in [1.807, 2.05) is 0 Å². The first-order valence-electron chi connectivity index (χ1n) is 3.41. The zero-order valence-electron chi connectivity index (χ0n) is 6.24. The third-order valence-corrected chi connectivity index (χ3v) is 1.21. The summed E-state index contributed by atoms with van der Waals surface area (Å²) in [4.78, 5) is 0. The summed E-state index contributed by atoms with van der Waals surface area (Å²) in [6.45, 7) is 4.49. The Balaban J connectivity index is 0. The molecule has 0 bridgehead atoms. The molecule has 0 saturated heterocycles. The maximum absolute atomic E-state index is 2.25. The Kier molecular flexibility index (Phi) is 15.8. The van der Waals surface area contributed by atoms with Crippen molar-refractivity contribution in [2.24, 2.45) is 0 Å². The van der Waals surface area contributed by atoms with Crippen molar-refractivity contribution in [3.63, 3.8) is 0 Å². The molecule has 46 valence electrons. The SMILES string of the molecule is CCCCCCC.[Hg]. The van der Waals surface area contributed by atoms with Crippen LogP contribution < -0.4 is 0 Å². The molecule has 0 rings (SSSR count). The number of unbranched alkanes of at least 4 members (excludes halogenated alkanes) is 4. The van der Waals surface area contributed by atoms with E-state index in [0.717, 1.165) is 0 Å². The van der Waals surface area contributed by atoms with Crippen LogP contribution in [0, 0.1) is 0 Å². The summed E-state index contributed by atoms with van der Waals surface area (Å²) in [5.74, 6) is 0. The summed E-state index contributed by atoms with van der Waals surface area (Å²) in [6.07, 6.45) is 7.01. The van der Waals surface area contributed by atoms with Crippen LogP contribution in [0.1, 0.15) is 46.0 Å². The summed E-state index contributed by atoms with van der Waals surface area (Å²) in [6, 6.07) is 0. The van der Waals surface area contributed by atoms with Crippen LogP contribution in [0.2, 0.25) is 0 Å². The van der Waals surface area contributed by atoms with Crippen molar-refractivity contribution >= 4 is 0 Å². The van der Waals surface area contributed by atoms with Gasteiger partial charge in [-0.15, -0.1) is 0 Å². The van der Waals surface area contributed by atoms with Gasteiger partial charge in [-0.1, -0.05) is 46.0 Å². The molecule has 0 amide bonds. The molecular formula is C7H16Hg. The first-order valence-corrected chi connectivity index (χ1v) is 3.41. The molecular weight excluding hydrogens is 285 g/mol. The van der Waals surface area contributed by atoms with Crippen molar-refractivity contribution < 1.29 is 27.7 Å². The van der Waals surface area contributed by atoms with Crippen molar-refractivity contribution in [3.05, 3.63) is 0 Å². The fraction of sp³-hybridized carbons (Fsp3) is 1.00. The van der Waals surface area contributed by atoms with E-state index in [1.165, 1.54) is 32.1 Å². The van der Waals surface area contributed by atoms with Crippen LogP contribution in [-0.4, -0.2) is 0 Å². The Bertz CT molecular complexity index is 23.6. The summed E-state index contributed by atoms with van der Waals surface area (Å²) in [7, 11) is 0. The monoisotopic (exact) mass is 302 g/mol. The van der Waals surface area contributed by atoms with E-state index in [-0.39, 0.29) is 27.7 Å². The van der Waals surface area contributed by atoms with Gasteiger partial charge in [-0.3, -0.25) is 0 Å². The second kappa shape index (κ2) is 10.8. The number of hydrogen-bond acceptors (Lipinski definition) is 0. The molecule has 0 aliphatic carbocycles. The van der Waals surface area contributed by atoms with Crippen LogP contribution in [-0.2, 0) is 27.7 Å². The van der Waals surface area contributed by atoms with E-state index in [4.69, 9.17) is 0 Å². The van der Waals surface area contributed by atoms with E-state index in [2.05, 4.69) is 13.8 Å². The fourth-order valence-corrected chi connectivity index (χ4v) is 0.677. The zero-order valence-corrected chi connectivity index (χ0v) is 11.7. The van der Waals surface area contributed by atoms with Crippen molar-refractivity contribution in [1.82, 2.24) is 0 Å². The summed E-state index contributed by atoms with van der Waals surface area (Å²) >= 11 is 0. The zero-order chi connectivity index (χ0) is 5.54. The van der Waals surface area contributed by atoms with Crippen molar-refractivity contribution in [2.75, 3.05) is 0 Å². The van der Waals surface area contributed by atoms with Crippen LogP contribution in [0.4, 0.5) is 0 Å². The largest absolute Gasteiger partial charge is 0.0654 e. The fourth-order valence-electron chi connectivity index (χ4n) is 0.677. The van der Waals surface area contributed by atoms with E-state index < -0.39 is 0 Å². The second-order valence-electron chi connectivity index (χ2n) is 2.06. The predicted molar refractivity (Wildman–Crippen MR) is 34.4 cm³/mol. The van der Waals surface area contributed by atoms with Crippen molar-refractivity contribution in [2.45, 2.75) is 46.0 Å². The summed E-state index contributed by atoms with van der Waals surface area (Å²) in [5, 5.41) is 0. The topological polar surface area (TPSA) is 0 Å². The van der Waals surface area contributed by atoms with Gasteiger partial charge in [0.2, 0.25) is 0 Å². The van der Waals surface area contributed by atoms with Gasteiger partial charge >= 0.3 is 0 Å². The quantitative estimate of drug-likeness (QED) is 0.553. The van der Waals surface area contributed by atoms with Crippen LogP contribution in [0.15, 0.2) is 0 Å². The maximum Gasteiger partial charge on any atom is 0 e. The Morgan fingerprint density at radius 2 is 1.12 bits per heavy atom. The molecule has 0 radical (unpaired) electrons. The number of rotatable bonds is 4. The standard InChI is InChI=1S/C7H16.Hg/c1-3-5-7-6-4-2;/h3-7H2,1-2H3;. The number of hydrogen-bond donors (Lipinski definition) is 0. The van der Waals surface area contributed by atoms with Crippen LogP contribution in [0.25, 0.3) is 0 Å². The third-order valence-electron chi connectivity index (χ3n) is 1.21. The molecule has 0 heterocycles. The van der Waals surface area contributed by atoms with E-state index >= 15 is 0 Å². The van der Waals surface area contributed by atoms with E-state index in [9.17, 15) is 0 Å². The molecule has 0 aromatic heterocycles. The van der Waals surface area contributed by atoms with Crippen LogP contribution in [0.3, 0.4) is 0 Å². The second-order valence-corrected chi connectivity index (χ2v) is 2.06. The minimum absolute atomic E-state index is 0. The minimum Gasteiger partial charge on any atom is -0.0654 e. The molecule has 0 aromatic carbocycles. The Morgan fingerprint density at radius 1 is 0.750 bits per heavy atom. The molecule has 0 saturated carbocycles. The Morgan fingerprint density at radius 3 is 1.38 bits per heavy atom. The van der Waals surface area contributed by atoms with Crippen molar-refractivity contribution in [1.29, 1.82) is 0 Å². The minimum atomic E-state index is 0. The van der Waals surface area contributed by atoms with Gasteiger partial charge in [-0.25, -0.2) is 0 Å². The first kappa shape index (κ1) is 11.7. The van der Waals surface area contributed by atoms with Gasteiger partial charge in [-0.05, 0) is 0 Å². The molecule has 8 heavy (non-hydrogen) atoms. The summed E-state index contributed by atoms with van der Waals surface area (Å²) < 4.78 is 0. The third kappa shape index (κ3) is 10.0. The Labute approximate surface area is 73.6 Å². The summed E-state index contributed by atoms with van der Waals surface area (Å²) in [5.41, 5.74) is 0. The molecule has 0 aromatic rings. The molecule has 0 fully saturated rings. The van der Waals surface area contributed by atoms with Gasteiger partial charge in [0, 0.05) is 27.7 Å². The van der Waals surface area contributed by atoms with Gasteiger partial charge in [0.05, 0.1) is 0 Å². The van der Waals surface area contributed by atoms with Gasteiger partial charge < -0.3 is 0 Å². The normalized spacial score (nSPS) is 8.25. The van der Waals surface area contributed by atoms with E-state index in [1.54, 1.807) is 0 Å². The molecule has 0 aliphatic rings. The van der Waals surface area contributed by atoms with E-state index in [0.29, 0.717) is 0 Å². The molecule has 0 nitrogen and oxygen atoms in total. The molecule has 0 N–H and O–H groups in total. The van der Waals surface area contributed by atoms with Gasteiger partial charge in [-0.2, -0.15) is 0 Å².